The van der Waals surface area contributed by atoms with Crippen LogP contribution in [0.15, 0.2) is 103 Å². The topological polar surface area (TPSA) is 51.5 Å². The molecule has 0 saturated heterocycles. The van der Waals surface area contributed by atoms with Crippen LogP contribution in [-0.4, -0.2) is 15.6 Å². The van der Waals surface area contributed by atoms with Crippen molar-refractivity contribution >= 4 is 16.9 Å². The van der Waals surface area contributed by atoms with Gasteiger partial charge in [-0.15, -0.1) is 0 Å². The van der Waals surface area contributed by atoms with E-state index < -0.39 is 5.97 Å². The van der Waals surface area contributed by atoms with E-state index in [4.69, 9.17) is 4.74 Å². The highest BCUT2D eigenvalue weighted by Crippen LogP contribution is 2.28. The summed E-state index contributed by atoms with van der Waals surface area (Å²) in [5.41, 5.74) is 6.79. The minimum absolute atomic E-state index is 0.334. The summed E-state index contributed by atoms with van der Waals surface area (Å²) in [5, 5.41) is 10.6. The molecule has 0 atom stereocenters. The fourth-order valence-electron chi connectivity index (χ4n) is 4.32. The van der Waals surface area contributed by atoms with Gasteiger partial charge in [0.05, 0.1) is 5.56 Å². The smallest absolute Gasteiger partial charge is 0.336 e. The molecule has 1 aromatic heterocycles. The number of hydrogen-bond acceptors (Lipinski definition) is 2. The van der Waals surface area contributed by atoms with Crippen LogP contribution in [0.3, 0.4) is 0 Å². The fraction of sp³-hybridized carbons (Fsp3) is 0.100. The average Bonchev–Trinajstić information content (AvgIpc) is 3.18. The monoisotopic (exact) mass is 447 g/mol. The lowest BCUT2D eigenvalue weighted by molar-refractivity contribution is 0.0695. The molecule has 0 unspecified atom stereocenters. The second kappa shape index (κ2) is 9.28. The summed E-state index contributed by atoms with van der Waals surface area (Å²) in [6.45, 7) is 3.06. The molecule has 5 rings (SSSR count). The van der Waals surface area contributed by atoms with Crippen molar-refractivity contribution in [2.45, 2.75) is 20.1 Å². The number of aryl methyl sites for hydroxylation is 1. The zero-order valence-electron chi connectivity index (χ0n) is 18.9. The van der Waals surface area contributed by atoms with Crippen LogP contribution < -0.4 is 4.74 Å². The Labute approximate surface area is 198 Å². The van der Waals surface area contributed by atoms with Crippen LogP contribution in [0.1, 0.15) is 27.0 Å². The van der Waals surface area contributed by atoms with E-state index in [-0.39, 0.29) is 0 Å². The Balaban J connectivity index is 1.32. The molecule has 168 valence electrons. The second-order valence-electron chi connectivity index (χ2n) is 8.43. The first-order valence-electron chi connectivity index (χ1n) is 11.3. The SMILES string of the molecule is Cc1cn(Cc2ccccc2C(=O)O)c2ccc(OCc3ccc(-c4ccccc4)cc3)cc12. The minimum Gasteiger partial charge on any atom is -0.489 e. The predicted octanol–water partition coefficient (Wildman–Crippen LogP) is 6.94. The number of aromatic carboxylic acids is 1. The van der Waals surface area contributed by atoms with Gasteiger partial charge >= 0.3 is 5.97 Å². The van der Waals surface area contributed by atoms with E-state index in [2.05, 4.69) is 60.2 Å². The number of hydrogen-bond donors (Lipinski definition) is 1. The Bertz CT molecular complexity index is 1450. The van der Waals surface area contributed by atoms with Crippen molar-refractivity contribution in [3.63, 3.8) is 0 Å². The first kappa shape index (κ1) is 21.5. The van der Waals surface area contributed by atoms with E-state index in [0.717, 1.165) is 33.3 Å². The van der Waals surface area contributed by atoms with Crippen molar-refractivity contribution in [2.24, 2.45) is 0 Å². The van der Waals surface area contributed by atoms with E-state index in [1.54, 1.807) is 12.1 Å². The number of benzene rings is 4. The highest BCUT2D eigenvalue weighted by molar-refractivity contribution is 5.89. The standard InChI is InChI=1S/C30H25NO3/c1-21-18-31(19-25-9-5-6-10-27(25)30(32)33)29-16-15-26(17-28(21)29)34-20-22-11-13-24(14-12-22)23-7-3-2-4-8-23/h2-18H,19-20H2,1H3,(H,32,33). The molecule has 0 spiro atoms. The Morgan fingerprint density at radius 1 is 0.853 bits per heavy atom. The number of nitrogens with zero attached hydrogens (tertiary/aromatic N) is 1. The van der Waals surface area contributed by atoms with Crippen LogP contribution in [0.5, 0.6) is 5.75 Å². The van der Waals surface area contributed by atoms with Crippen LogP contribution in [-0.2, 0) is 13.2 Å². The van der Waals surface area contributed by atoms with Gasteiger partial charge in [0, 0.05) is 23.6 Å². The van der Waals surface area contributed by atoms with E-state index in [1.807, 2.05) is 42.5 Å². The molecule has 0 radical (unpaired) electrons. The van der Waals surface area contributed by atoms with Gasteiger partial charge in [-0.1, -0.05) is 72.8 Å². The van der Waals surface area contributed by atoms with Gasteiger partial charge in [0.15, 0.2) is 0 Å². The molecular formula is C30H25NO3. The lowest BCUT2D eigenvalue weighted by atomic mass is 10.0. The fourth-order valence-corrected chi connectivity index (χ4v) is 4.32. The van der Waals surface area contributed by atoms with Gasteiger partial charge in [-0.2, -0.15) is 0 Å². The number of fused-ring (bicyclic) bond motifs is 1. The predicted molar refractivity (Wildman–Crippen MR) is 135 cm³/mol. The Morgan fingerprint density at radius 2 is 1.56 bits per heavy atom. The summed E-state index contributed by atoms with van der Waals surface area (Å²) in [7, 11) is 0. The third kappa shape index (κ3) is 4.44. The maximum absolute atomic E-state index is 11.6. The summed E-state index contributed by atoms with van der Waals surface area (Å²) in [6.07, 6.45) is 2.06. The third-order valence-electron chi connectivity index (χ3n) is 6.11. The van der Waals surface area contributed by atoms with Crippen LogP contribution >= 0.6 is 0 Å². The summed E-state index contributed by atoms with van der Waals surface area (Å²) < 4.78 is 8.19. The number of aromatic nitrogens is 1. The minimum atomic E-state index is -0.906. The number of ether oxygens (including phenoxy) is 1. The molecule has 0 aliphatic heterocycles. The maximum Gasteiger partial charge on any atom is 0.336 e. The Morgan fingerprint density at radius 3 is 2.32 bits per heavy atom. The van der Waals surface area contributed by atoms with Crippen molar-refractivity contribution < 1.29 is 14.6 Å². The first-order chi connectivity index (χ1) is 16.6. The third-order valence-corrected chi connectivity index (χ3v) is 6.11. The van der Waals surface area contributed by atoms with Crippen molar-refractivity contribution in [3.8, 4) is 16.9 Å². The number of carbonyl (C=O) groups is 1. The molecule has 0 fully saturated rings. The maximum atomic E-state index is 11.6. The highest BCUT2D eigenvalue weighted by atomic mass is 16.5. The molecule has 4 aromatic carbocycles. The van der Waals surface area contributed by atoms with Gasteiger partial charge < -0.3 is 14.4 Å². The van der Waals surface area contributed by atoms with Crippen LogP contribution in [0.25, 0.3) is 22.0 Å². The molecule has 1 N–H and O–H groups in total. The first-order valence-corrected chi connectivity index (χ1v) is 11.3. The van der Waals surface area contributed by atoms with E-state index >= 15 is 0 Å². The summed E-state index contributed by atoms with van der Waals surface area (Å²) >= 11 is 0. The quantitative estimate of drug-likeness (QED) is 0.294. The molecule has 5 aromatic rings. The molecule has 1 heterocycles. The molecule has 4 nitrogen and oxygen atoms in total. The van der Waals surface area contributed by atoms with Crippen molar-refractivity contribution in [2.75, 3.05) is 0 Å². The Kier molecular flexibility index (Phi) is 5.88. The van der Waals surface area contributed by atoms with Gasteiger partial charge in [0.25, 0.3) is 0 Å². The lowest BCUT2D eigenvalue weighted by Crippen LogP contribution is -2.06. The largest absolute Gasteiger partial charge is 0.489 e. The van der Waals surface area contributed by atoms with Crippen molar-refractivity contribution in [3.05, 3.63) is 126 Å². The summed E-state index contributed by atoms with van der Waals surface area (Å²) in [6, 6.07) is 32.0. The van der Waals surface area contributed by atoms with Gasteiger partial charge in [-0.3, -0.25) is 0 Å². The average molecular weight is 448 g/mol. The van der Waals surface area contributed by atoms with E-state index in [0.29, 0.717) is 18.7 Å². The van der Waals surface area contributed by atoms with Gasteiger partial charge in [0.1, 0.15) is 12.4 Å². The second-order valence-corrected chi connectivity index (χ2v) is 8.43. The number of rotatable bonds is 7. The van der Waals surface area contributed by atoms with Crippen LogP contribution in [0.4, 0.5) is 0 Å². The van der Waals surface area contributed by atoms with Crippen molar-refractivity contribution in [1.82, 2.24) is 4.57 Å². The molecule has 4 heteroatoms. The van der Waals surface area contributed by atoms with E-state index in [1.165, 1.54) is 11.1 Å². The van der Waals surface area contributed by atoms with Crippen LogP contribution in [0.2, 0.25) is 0 Å². The molecule has 34 heavy (non-hydrogen) atoms. The van der Waals surface area contributed by atoms with E-state index in [9.17, 15) is 9.90 Å². The molecule has 0 saturated carbocycles. The number of carboxylic acids is 1. The van der Waals surface area contributed by atoms with Crippen molar-refractivity contribution in [1.29, 1.82) is 0 Å². The zero-order chi connectivity index (χ0) is 23.5. The summed E-state index contributed by atoms with van der Waals surface area (Å²) in [4.78, 5) is 11.6. The van der Waals surface area contributed by atoms with Crippen LogP contribution in [0, 0.1) is 6.92 Å². The normalized spacial score (nSPS) is 11.0. The lowest BCUT2D eigenvalue weighted by Gasteiger charge is -2.10. The highest BCUT2D eigenvalue weighted by Gasteiger charge is 2.12. The number of carboxylic acid groups (broad SMARTS) is 1. The molecule has 0 aliphatic carbocycles. The molecule has 0 bridgehead atoms. The van der Waals surface area contributed by atoms with Gasteiger partial charge in [-0.25, -0.2) is 4.79 Å². The van der Waals surface area contributed by atoms with Gasteiger partial charge in [0.2, 0.25) is 0 Å². The summed E-state index contributed by atoms with van der Waals surface area (Å²) in [5.74, 6) is -0.0947. The van der Waals surface area contributed by atoms with Gasteiger partial charge in [-0.05, 0) is 59.0 Å². The molecular weight excluding hydrogens is 422 g/mol. The molecule has 0 aliphatic rings. The molecule has 0 amide bonds. The zero-order valence-corrected chi connectivity index (χ0v) is 18.9. The Hall–Kier alpha value is -4.31.